The Labute approximate surface area is 199 Å². The van der Waals surface area contributed by atoms with E-state index in [0.29, 0.717) is 31.4 Å². The number of β-amino-alcohol motifs (C(OH)–C–C–N with tert-alkyl or cyclic N) is 1. The number of rotatable bonds is 7. The summed E-state index contributed by atoms with van der Waals surface area (Å²) in [4.78, 5) is 40.1. The van der Waals surface area contributed by atoms with Crippen LogP contribution in [0.25, 0.3) is 0 Å². The highest BCUT2D eigenvalue weighted by molar-refractivity contribution is 5.97. The first-order valence-corrected chi connectivity index (χ1v) is 11.6. The summed E-state index contributed by atoms with van der Waals surface area (Å²) in [7, 11) is 0. The summed E-state index contributed by atoms with van der Waals surface area (Å²) in [6.45, 7) is 4.47. The third-order valence-electron chi connectivity index (χ3n) is 5.89. The van der Waals surface area contributed by atoms with E-state index in [4.69, 9.17) is 0 Å². The molecule has 0 radical (unpaired) electrons. The predicted molar refractivity (Wildman–Crippen MR) is 127 cm³/mol. The van der Waals surface area contributed by atoms with E-state index in [1.54, 1.807) is 29.2 Å². The zero-order valence-corrected chi connectivity index (χ0v) is 19.5. The quantitative estimate of drug-likeness (QED) is 0.581. The Kier molecular flexibility index (Phi) is 8.76. The molecule has 34 heavy (non-hydrogen) atoms. The molecule has 0 saturated carbocycles. The van der Waals surface area contributed by atoms with Crippen molar-refractivity contribution in [2.24, 2.45) is 5.92 Å². The van der Waals surface area contributed by atoms with E-state index in [-0.39, 0.29) is 23.9 Å². The van der Waals surface area contributed by atoms with Gasteiger partial charge in [-0.2, -0.15) is 0 Å². The summed E-state index contributed by atoms with van der Waals surface area (Å²) < 4.78 is 13.2. The summed E-state index contributed by atoms with van der Waals surface area (Å²) in [6, 6.07) is 12.6. The standard InChI is InChI=1S/C26H32FN3O4/c1-17(2)15-22(29-24(32)18-10-12-20(27)13-11-18)25(33)28-21-9-6-14-30(16-23(21)31)26(34)19-7-4-3-5-8-19/h3-5,7-8,10-13,17,21-23,31H,6,9,14-16H2,1-2H3,(H,28,33)(H,29,32). The Morgan fingerprint density at radius 1 is 1.06 bits per heavy atom. The number of halogens is 1. The van der Waals surface area contributed by atoms with Crippen LogP contribution in [0.1, 0.15) is 53.8 Å². The van der Waals surface area contributed by atoms with E-state index in [1.165, 1.54) is 24.3 Å². The number of amides is 3. The average Bonchev–Trinajstić information content (AvgIpc) is 3.00. The second-order valence-corrected chi connectivity index (χ2v) is 9.10. The van der Waals surface area contributed by atoms with Crippen LogP contribution in [-0.4, -0.2) is 59.0 Å². The number of nitrogens with zero attached hydrogens (tertiary/aromatic N) is 1. The van der Waals surface area contributed by atoms with Crippen LogP contribution in [-0.2, 0) is 4.79 Å². The van der Waals surface area contributed by atoms with Crippen molar-refractivity contribution in [2.75, 3.05) is 13.1 Å². The lowest BCUT2D eigenvalue weighted by Gasteiger charge is -2.27. The van der Waals surface area contributed by atoms with Crippen molar-refractivity contribution >= 4 is 17.7 Å². The second kappa shape index (κ2) is 11.7. The zero-order chi connectivity index (χ0) is 24.7. The van der Waals surface area contributed by atoms with Crippen molar-refractivity contribution in [3.63, 3.8) is 0 Å². The molecule has 8 heteroatoms. The van der Waals surface area contributed by atoms with Crippen LogP contribution in [0.3, 0.4) is 0 Å². The lowest BCUT2D eigenvalue weighted by atomic mass is 10.0. The number of benzene rings is 2. The molecule has 1 fully saturated rings. The molecular weight excluding hydrogens is 437 g/mol. The molecule has 1 aliphatic heterocycles. The normalized spacial score (nSPS) is 19.3. The number of carbonyl (C=O) groups excluding carboxylic acids is 3. The molecule has 2 aromatic carbocycles. The molecule has 2 aromatic rings. The lowest BCUT2D eigenvalue weighted by molar-refractivity contribution is -0.125. The van der Waals surface area contributed by atoms with Crippen molar-refractivity contribution in [3.05, 3.63) is 71.5 Å². The summed E-state index contributed by atoms with van der Waals surface area (Å²) in [5.41, 5.74) is 0.810. The van der Waals surface area contributed by atoms with Gasteiger partial charge in [-0.3, -0.25) is 14.4 Å². The van der Waals surface area contributed by atoms with Crippen LogP contribution in [0.5, 0.6) is 0 Å². The molecule has 3 atom stereocenters. The minimum absolute atomic E-state index is 0.107. The van der Waals surface area contributed by atoms with Crippen LogP contribution in [0.15, 0.2) is 54.6 Å². The van der Waals surface area contributed by atoms with Crippen LogP contribution in [0, 0.1) is 11.7 Å². The summed E-state index contributed by atoms with van der Waals surface area (Å²) in [5, 5.41) is 16.4. The van der Waals surface area contributed by atoms with E-state index in [0.717, 1.165) is 0 Å². The number of hydrogen-bond acceptors (Lipinski definition) is 4. The van der Waals surface area contributed by atoms with Crippen molar-refractivity contribution in [1.29, 1.82) is 0 Å². The van der Waals surface area contributed by atoms with Gasteiger partial charge in [0.2, 0.25) is 5.91 Å². The molecule has 0 bridgehead atoms. The third-order valence-corrected chi connectivity index (χ3v) is 5.89. The predicted octanol–water partition coefficient (Wildman–Crippen LogP) is 2.75. The Morgan fingerprint density at radius 2 is 1.74 bits per heavy atom. The summed E-state index contributed by atoms with van der Waals surface area (Å²) in [6.07, 6.45) is 0.593. The van der Waals surface area contributed by atoms with Crippen molar-refractivity contribution in [1.82, 2.24) is 15.5 Å². The Hall–Kier alpha value is -3.26. The summed E-state index contributed by atoms with van der Waals surface area (Å²) >= 11 is 0. The third kappa shape index (κ3) is 6.87. The number of nitrogens with one attached hydrogen (secondary N) is 2. The smallest absolute Gasteiger partial charge is 0.253 e. The summed E-state index contributed by atoms with van der Waals surface area (Å²) in [5.74, 6) is -1.34. The molecule has 0 spiro atoms. The minimum Gasteiger partial charge on any atom is -0.389 e. The maximum absolute atomic E-state index is 13.2. The van der Waals surface area contributed by atoms with Gasteiger partial charge in [0.05, 0.1) is 12.1 Å². The fraction of sp³-hybridized carbons (Fsp3) is 0.423. The molecule has 1 saturated heterocycles. The maximum atomic E-state index is 13.2. The number of carbonyl (C=O) groups is 3. The van der Waals surface area contributed by atoms with E-state index < -0.39 is 35.8 Å². The van der Waals surface area contributed by atoms with Gasteiger partial charge >= 0.3 is 0 Å². The maximum Gasteiger partial charge on any atom is 0.253 e. The number of aliphatic hydroxyl groups excluding tert-OH is 1. The van der Waals surface area contributed by atoms with Gasteiger partial charge in [-0.15, -0.1) is 0 Å². The Balaban J connectivity index is 1.64. The fourth-order valence-corrected chi connectivity index (χ4v) is 4.08. The van der Waals surface area contributed by atoms with Crippen molar-refractivity contribution < 1.29 is 23.9 Å². The fourth-order valence-electron chi connectivity index (χ4n) is 4.08. The first kappa shape index (κ1) is 25.4. The largest absolute Gasteiger partial charge is 0.389 e. The van der Waals surface area contributed by atoms with E-state index in [2.05, 4.69) is 10.6 Å². The number of likely N-dealkylation sites (tertiary alicyclic amines) is 1. The second-order valence-electron chi connectivity index (χ2n) is 9.10. The highest BCUT2D eigenvalue weighted by atomic mass is 19.1. The molecule has 0 aromatic heterocycles. The molecular formula is C26H32FN3O4. The molecule has 182 valence electrons. The van der Waals surface area contributed by atoms with E-state index in [9.17, 15) is 23.9 Å². The highest BCUT2D eigenvalue weighted by Crippen LogP contribution is 2.16. The van der Waals surface area contributed by atoms with Gasteiger partial charge in [0, 0.05) is 24.2 Å². The Bertz CT molecular complexity index is 981. The van der Waals surface area contributed by atoms with E-state index >= 15 is 0 Å². The van der Waals surface area contributed by atoms with Gasteiger partial charge < -0.3 is 20.6 Å². The molecule has 1 heterocycles. The van der Waals surface area contributed by atoms with Gasteiger partial charge in [-0.1, -0.05) is 32.0 Å². The first-order valence-electron chi connectivity index (χ1n) is 11.6. The van der Waals surface area contributed by atoms with Crippen LogP contribution >= 0.6 is 0 Å². The molecule has 3 amide bonds. The van der Waals surface area contributed by atoms with Gasteiger partial charge in [0.25, 0.3) is 11.8 Å². The topological polar surface area (TPSA) is 98.7 Å². The van der Waals surface area contributed by atoms with E-state index in [1.807, 2.05) is 19.9 Å². The number of hydrogen-bond donors (Lipinski definition) is 3. The van der Waals surface area contributed by atoms with Crippen LogP contribution in [0.2, 0.25) is 0 Å². The Morgan fingerprint density at radius 3 is 2.38 bits per heavy atom. The molecule has 0 aliphatic carbocycles. The molecule has 3 N–H and O–H groups in total. The van der Waals surface area contributed by atoms with Crippen LogP contribution in [0.4, 0.5) is 4.39 Å². The van der Waals surface area contributed by atoms with Crippen molar-refractivity contribution in [2.45, 2.75) is 51.3 Å². The number of aliphatic hydroxyl groups is 1. The minimum atomic E-state index is -0.938. The SMILES string of the molecule is CC(C)CC(NC(=O)c1ccc(F)cc1)C(=O)NC1CCCN(C(=O)c2ccccc2)CC1O. The monoisotopic (exact) mass is 469 g/mol. The molecule has 1 aliphatic rings. The van der Waals surface area contributed by atoms with Gasteiger partial charge in [-0.05, 0) is 61.6 Å². The molecule has 7 nitrogen and oxygen atoms in total. The highest BCUT2D eigenvalue weighted by Gasteiger charge is 2.31. The first-order chi connectivity index (χ1) is 16.2. The average molecular weight is 470 g/mol. The van der Waals surface area contributed by atoms with Gasteiger partial charge in [0.15, 0.2) is 0 Å². The lowest BCUT2D eigenvalue weighted by Crippen LogP contribution is -2.54. The van der Waals surface area contributed by atoms with Gasteiger partial charge in [-0.25, -0.2) is 4.39 Å². The van der Waals surface area contributed by atoms with Gasteiger partial charge in [0.1, 0.15) is 11.9 Å². The van der Waals surface area contributed by atoms with Crippen molar-refractivity contribution in [3.8, 4) is 0 Å². The molecule has 3 unspecified atom stereocenters. The zero-order valence-electron chi connectivity index (χ0n) is 19.5. The van der Waals surface area contributed by atoms with Crippen LogP contribution < -0.4 is 10.6 Å². The molecule has 3 rings (SSSR count).